The standard InChI is InChI=1S/C16H28N2O/c1-7-19-15-8-14(10-17-11-15)13(3)12(2)9-18-16(4,5)6/h8,10-13,18H,7,9H2,1-6H3. The molecule has 0 saturated carbocycles. The lowest BCUT2D eigenvalue weighted by molar-refractivity contribution is 0.336. The maximum absolute atomic E-state index is 5.51. The molecule has 0 aliphatic carbocycles. The van der Waals surface area contributed by atoms with E-state index in [0.717, 1.165) is 12.3 Å². The largest absolute Gasteiger partial charge is 0.492 e. The fourth-order valence-electron chi connectivity index (χ4n) is 1.90. The van der Waals surface area contributed by atoms with E-state index < -0.39 is 0 Å². The molecule has 1 aromatic rings. The quantitative estimate of drug-likeness (QED) is 0.852. The first-order valence-electron chi connectivity index (χ1n) is 7.16. The smallest absolute Gasteiger partial charge is 0.137 e. The summed E-state index contributed by atoms with van der Waals surface area (Å²) >= 11 is 0. The lowest BCUT2D eigenvalue weighted by Gasteiger charge is -2.26. The monoisotopic (exact) mass is 264 g/mol. The molecule has 0 saturated heterocycles. The summed E-state index contributed by atoms with van der Waals surface area (Å²) in [6.45, 7) is 14.8. The minimum atomic E-state index is 0.166. The summed E-state index contributed by atoms with van der Waals surface area (Å²) < 4.78 is 5.51. The number of pyridine rings is 1. The third-order valence-corrected chi connectivity index (χ3v) is 3.38. The first-order chi connectivity index (χ1) is 8.83. The third-order valence-electron chi connectivity index (χ3n) is 3.38. The Bertz CT molecular complexity index is 385. The molecule has 0 spiro atoms. The molecule has 0 aliphatic rings. The SMILES string of the molecule is CCOc1cncc(C(C)C(C)CNC(C)(C)C)c1. The zero-order valence-corrected chi connectivity index (χ0v) is 13.2. The van der Waals surface area contributed by atoms with Crippen LogP contribution in [0.2, 0.25) is 0 Å². The molecule has 3 heteroatoms. The number of ether oxygens (including phenoxy) is 1. The molecule has 108 valence electrons. The molecular formula is C16H28N2O. The van der Waals surface area contributed by atoms with Gasteiger partial charge in [-0.05, 0) is 57.7 Å². The van der Waals surface area contributed by atoms with Crippen molar-refractivity contribution in [3.05, 3.63) is 24.0 Å². The minimum Gasteiger partial charge on any atom is -0.492 e. The topological polar surface area (TPSA) is 34.1 Å². The van der Waals surface area contributed by atoms with Crippen LogP contribution >= 0.6 is 0 Å². The Morgan fingerprint density at radius 2 is 1.95 bits per heavy atom. The zero-order chi connectivity index (χ0) is 14.5. The second-order valence-electron chi connectivity index (χ2n) is 6.28. The second-order valence-corrected chi connectivity index (χ2v) is 6.28. The molecule has 1 aromatic heterocycles. The molecule has 1 N–H and O–H groups in total. The van der Waals surface area contributed by atoms with E-state index in [1.807, 2.05) is 13.1 Å². The summed E-state index contributed by atoms with van der Waals surface area (Å²) in [6, 6.07) is 2.11. The van der Waals surface area contributed by atoms with Crippen LogP contribution in [0.5, 0.6) is 5.75 Å². The normalized spacial score (nSPS) is 15.1. The summed E-state index contributed by atoms with van der Waals surface area (Å²) in [5.41, 5.74) is 1.41. The van der Waals surface area contributed by atoms with Crippen molar-refractivity contribution >= 4 is 0 Å². The van der Waals surface area contributed by atoms with Crippen molar-refractivity contribution in [3.8, 4) is 5.75 Å². The van der Waals surface area contributed by atoms with Gasteiger partial charge in [0.15, 0.2) is 0 Å². The number of nitrogens with one attached hydrogen (secondary N) is 1. The van der Waals surface area contributed by atoms with Crippen LogP contribution < -0.4 is 10.1 Å². The van der Waals surface area contributed by atoms with Crippen molar-refractivity contribution in [1.82, 2.24) is 10.3 Å². The maximum atomic E-state index is 5.51. The lowest BCUT2D eigenvalue weighted by Crippen LogP contribution is -2.39. The lowest BCUT2D eigenvalue weighted by atomic mass is 9.89. The van der Waals surface area contributed by atoms with Gasteiger partial charge in [-0.3, -0.25) is 4.98 Å². The predicted octanol–water partition coefficient (Wildman–Crippen LogP) is 3.61. The van der Waals surface area contributed by atoms with Crippen molar-refractivity contribution in [2.45, 2.75) is 53.0 Å². The first kappa shape index (κ1) is 16.0. The van der Waals surface area contributed by atoms with Crippen molar-refractivity contribution in [3.63, 3.8) is 0 Å². The maximum Gasteiger partial charge on any atom is 0.137 e. The molecule has 0 aromatic carbocycles. The van der Waals surface area contributed by atoms with Gasteiger partial charge in [-0.2, -0.15) is 0 Å². The number of hydrogen-bond donors (Lipinski definition) is 1. The molecule has 1 rings (SSSR count). The molecule has 1 heterocycles. The van der Waals surface area contributed by atoms with Gasteiger partial charge < -0.3 is 10.1 Å². The van der Waals surface area contributed by atoms with Gasteiger partial charge in [0, 0.05) is 11.7 Å². The van der Waals surface area contributed by atoms with Crippen molar-refractivity contribution in [2.24, 2.45) is 5.92 Å². The van der Waals surface area contributed by atoms with E-state index in [4.69, 9.17) is 4.74 Å². The van der Waals surface area contributed by atoms with Crippen LogP contribution in [0.1, 0.15) is 53.0 Å². The summed E-state index contributed by atoms with van der Waals surface area (Å²) in [5, 5.41) is 3.56. The Balaban J connectivity index is 2.65. The number of rotatable bonds is 6. The fraction of sp³-hybridized carbons (Fsp3) is 0.688. The highest BCUT2D eigenvalue weighted by Gasteiger charge is 2.18. The van der Waals surface area contributed by atoms with Crippen LogP contribution in [0.3, 0.4) is 0 Å². The molecule has 0 aliphatic heterocycles. The van der Waals surface area contributed by atoms with Crippen LogP contribution in [0.25, 0.3) is 0 Å². The molecule has 0 radical (unpaired) electrons. The van der Waals surface area contributed by atoms with Gasteiger partial charge in [0.25, 0.3) is 0 Å². The Morgan fingerprint density at radius 3 is 2.53 bits per heavy atom. The highest BCUT2D eigenvalue weighted by atomic mass is 16.5. The molecular weight excluding hydrogens is 236 g/mol. The Kier molecular flexibility index (Phi) is 5.80. The Morgan fingerprint density at radius 1 is 1.26 bits per heavy atom. The van der Waals surface area contributed by atoms with E-state index in [1.54, 1.807) is 6.20 Å². The molecule has 2 atom stereocenters. The molecule has 3 nitrogen and oxygen atoms in total. The fourth-order valence-corrected chi connectivity index (χ4v) is 1.90. The molecule has 2 unspecified atom stereocenters. The van der Waals surface area contributed by atoms with Gasteiger partial charge in [0.05, 0.1) is 12.8 Å². The van der Waals surface area contributed by atoms with E-state index in [2.05, 4.69) is 51.0 Å². The third kappa shape index (κ3) is 5.60. The minimum absolute atomic E-state index is 0.166. The second kappa shape index (κ2) is 6.90. The number of hydrogen-bond acceptors (Lipinski definition) is 3. The van der Waals surface area contributed by atoms with Crippen LogP contribution in [-0.4, -0.2) is 23.7 Å². The van der Waals surface area contributed by atoms with E-state index in [-0.39, 0.29) is 5.54 Å². The van der Waals surface area contributed by atoms with E-state index >= 15 is 0 Å². The van der Waals surface area contributed by atoms with Gasteiger partial charge in [-0.25, -0.2) is 0 Å². The molecule has 0 amide bonds. The Labute approximate surface area is 117 Å². The first-order valence-corrected chi connectivity index (χ1v) is 7.16. The number of nitrogens with zero attached hydrogens (tertiary/aromatic N) is 1. The molecule has 19 heavy (non-hydrogen) atoms. The summed E-state index contributed by atoms with van der Waals surface area (Å²) in [4.78, 5) is 4.27. The van der Waals surface area contributed by atoms with Crippen molar-refractivity contribution < 1.29 is 4.74 Å². The van der Waals surface area contributed by atoms with Crippen molar-refractivity contribution in [1.29, 1.82) is 0 Å². The van der Waals surface area contributed by atoms with Gasteiger partial charge in [0.2, 0.25) is 0 Å². The number of aromatic nitrogens is 1. The van der Waals surface area contributed by atoms with Crippen LogP contribution in [0.15, 0.2) is 18.5 Å². The average Bonchev–Trinajstić information content (AvgIpc) is 2.35. The van der Waals surface area contributed by atoms with E-state index in [0.29, 0.717) is 18.4 Å². The van der Waals surface area contributed by atoms with Crippen LogP contribution in [0.4, 0.5) is 0 Å². The predicted molar refractivity (Wildman–Crippen MR) is 80.7 cm³/mol. The highest BCUT2D eigenvalue weighted by molar-refractivity contribution is 5.26. The van der Waals surface area contributed by atoms with Crippen molar-refractivity contribution in [2.75, 3.05) is 13.2 Å². The summed E-state index contributed by atoms with van der Waals surface area (Å²) in [5.74, 6) is 1.88. The summed E-state index contributed by atoms with van der Waals surface area (Å²) in [7, 11) is 0. The van der Waals surface area contributed by atoms with Crippen LogP contribution in [-0.2, 0) is 0 Å². The van der Waals surface area contributed by atoms with Gasteiger partial charge in [0.1, 0.15) is 5.75 Å². The Hall–Kier alpha value is -1.09. The molecule has 0 fully saturated rings. The van der Waals surface area contributed by atoms with Gasteiger partial charge in [-0.15, -0.1) is 0 Å². The highest BCUT2D eigenvalue weighted by Crippen LogP contribution is 2.26. The molecule has 0 bridgehead atoms. The average molecular weight is 264 g/mol. The summed E-state index contributed by atoms with van der Waals surface area (Å²) in [6.07, 6.45) is 3.72. The van der Waals surface area contributed by atoms with E-state index in [1.165, 1.54) is 5.56 Å². The van der Waals surface area contributed by atoms with Gasteiger partial charge in [-0.1, -0.05) is 13.8 Å². The van der Waals surface area contributed by atoms with Gasteiger partial charge >= 0.3 is 0 Å². The van der Waals surface area contributed by atoms with Crippen LogP contribution in [0, 0.1) is 5.92 Å². The van der Waals surface area contributed by atoms with E-state index in [9.17, 15) is 0 Å². The zero-order valence-electron chi connectivity index (χ0n) is 13.2.